The Balaban J connectivity index is 1.34. The van der Waals surface area contributed by atoms with Gasteiger partial charge in [-0.25, -0.2) is 0 Å². The van der Waals surface area contributed by atoms with Crippen LogP contribution in [0.4, 0.5) is 5.69 Å². The van der Waals surface area contributed by atoms with Gasteiger partial charge < -0.3 is 20.3 Å². The molecule has 1 heterocycles. The minimum Gasteiger partial charge on any atom is -0.494 e. The average molecular weight is 364 g/mol. The van der Waals surface area contributed by atoms with Crippen LogP contribution in [-0.2, 0) is 6.54 Å². The number of nitrogens with one attached hydrogen (secondary N) is 2. The fraction of sp³-hybridized carbons (Fsp3) is 0.318. The lowest BCUT2D eigenvalue weighted by Crippen LogP contribution is -2.37. The summed E-state index contributed by atoms with van der Waals surface area (Å²) in [5.41, 5.74) is 2.51. The van der Waals surface area contributed by atoms with Crippen molar-refractivity contribution in [2.24, 2.45) is 4.99 Å². The van der Waals surface area contributed by atoms with E-state index in [-0.39, 0.29) is 0 Å². The van der Waals surface area contributed by atoms with Gasteiger partial charge in [0.2, 0.25) is 0 Å². The third kappa shape index (κ3) is 6.06. The van der Waals surface area contributed by atoms with E-state index in [0.717, 1.165) is 44.3 Å². The molecule has 2 aromatic rings. The van der Waals surface area contributed by atoms with Crippen LogP contribution >= 0.6 is 0 Å². The summed E-state index contributed by atoms with van der Waals surface area (Å²) in [5, 5.41) is 6.68. The van der Waals surface area contributed by atoms with E-state index < -0.39 is 0 Å². The molecule has 5 nitrogen and oxygen atoms in total. The standard InChI is InChI=1S/C22H28N4O/c1-23-22(24-14-7-17-27-21-8-3-2-4-9-21)25-18-19-10-12-20(13-11-19)26-15-5-6-16-26/h2-6,8-13H,7,14-18H2,1H3,(H2,23,24,25). The molecule has 142 valence electrons. The highest BCUT2D eigenvalue weighted by Crippen LogP contribution is 2.17. The molecule has 0 aromatic heterocycles. The third-order valence-corrected chi connectivity index (χ3v) is 4.43. The molecule has 2 aromatic carbocycles. The van der Waals surface area contributed by atoms with Gasteiger partial charge in [0.1, 0.15) is 5.75 Å². The Labute approximate surface area is 161 Å². The molecular weight excluding hydrogens is 336 g/mol. The number of para-hydroxylation sites is 1. The summed E-state index contributed by atoms with van der Waals surface area (Å²) in [5.74, 6) is 1.72. The molecular formula is C22H28N4O. The molecule has 0 atom stereocenters. The van der Waals surface area contributed by atoms with Gasteiger partial charge in [0, 0.05) is 38.9 Å². The third-order valence-electron chi connectivity index (χ3n) is 4.43. The predicted octanol–water partition coefficient (Wildman–Crippen LogP) is 3.20. The van der Waals surface area contributed by atoms with Crippen LogP contribution in [0.1, 0.15) is 12.0 Å². The Morgan fingerprint density at radius 2 is 1.74 bits per heavy atom. The summed E-state index contributed by atoms with van der Waals surface area (Å²) in [6, 6.07) is 18.6. The van der Waals surface area contributed by atoms with Gasteiger partial charge in [0.05, 0.1) is 6.61 Å². The van der Waals surface area contributed by atoms with Gasteiger partial charge in [0.15, 0.2) is 5.96 Å². The van der Waals surface area contributed by atoms with Gasteiger partial charge in [-0.2, -0.15) is 0 Å². The van der Waals surface area contributed by atoms with Crippen LogP contribution in [0.5, 0.6) is 5.75 Å². The molecule has 1 aliphatic heterocycles. The maximum absolute atomic E-state index is 5.70. The number of rotatable bonds is 8. The van der Waals surface area contributed by atoms with Crippen LogP contribution in [0.2, 0.25) is 0 Å². The molecule has 0 radical (unpaired) electrons. The fourth-order valence-corrected chi connectivity index (χ4v) is 2.91. The molecule has 3 rings (SSSR count). The maximum atomic E-state index is 5.70. The van der Waals surface area contributed by atoms with E-state index in [2.05, 4.69) is 56.9 Å². The van der Waals surface area contributed by atoms with Gasteiger partial charge in [-0.15, -0.1) is 0 Å². The van der Waals surface area contributed by atoms with Crippen LogP contribution in [0, 0.1) is 0 Å². The van der Waals surface area contributed by atoms with E-state index in [1.54, 1.807) is 7.05 Å². The smallest absolute Gasteiger partial charge is 0.191 e. The van der Waals surface area contributed by atoms with Gasteiger partial charge >= 0.3 is 0 Å². The van der Waals surface area contributed by atoms with E-state index in [0.29, 0.717) is 6.61 Å². The summed E-state index contributed by atoms with van der Waals surface area (Å²) < 4.78 is 5.70. The van der Waals surface area contributed by atoms with Crippen molar-refractivity contribution in [3.05, 3.63) is 72.3 Å². The molecule has 0 saturated heterocycles. The zero-order chi connectivity index (χ0) is 18.7. The first-order chi connectivity index (χ1) is 13.3. The zero-order valence-corrected chi connectivity index (χ0v) is 15.9. The summed E-state index contributed by atoms with van der Waals surface area (Å²) in [6.07, 6.45) is 5.32. The van der Waals surface area contributed by atoms with Crippen molar-refractivity contribution in [3.63, 3.8) is 0 Å². The minimum atomic E-state index is 0.681. The maximum Gasteiger partial charge on any atom is 0.191 e. The van der Waals surface area contributed by atoms with Crippen molar-refractivity contribution in [1.82, 2.24) is 10.6 Å². The molecule has 0 aliphatic carbocycles. The van der Waals surface area contributed by atoms with Gasteiger partial charge in [-0.1, -0.05) is 42.5 Å². The molecule has 0 bridgehead atoms. The summed E-state index contributed by atoms with van der Waals surface area (Å²) in [6.45, 7) is 4.25. The Bertz CT molecular complexity index is 733. The second kappa shape index (κ2) is 10.3. The van der Waals surface area contributed by atoms with Gasteiger partial charge in [-0.05, 0) is 36.2 Å². The number of benzene rings is 2. The lowest BCUT2D eigenvalue weighted by molar-refractivity contribution is 0.311. The molecule has 27 heavy (non-hydrogen) atoms. The molecule has 0 amide bonds. The second-order valence-electron chi connectivity index (χ2n) is 6.41. The number of anilines is 1. The molecule has 0 fully saturated rings. The number of aliphatic imine (C=N–C) groups is 1. The van der Waals surface area contributed by atoms with Gasteiger partial charge in [0.25, 0.3) is 0 Å². The molecule has 0 spiro atoms. The van der Waals surface area contributed by atoms with E-state index in [1.807, 2.05) is 30.3 Å². The first-order valence-electron chi connectivity index (χ1n) is 9.46. The SMILES string of the molecule is CN=C(NCCCOc1ccccc1)NCc1ccc(N2CC=CC2)cc1. The molecule has 0 saturated carbocycles. The number of nitrogens with zero attached hydrogens (tertiary/aromatic N) is 2. The number of hydrogen-bond acceptors (Lipinski definition) is 3. The Morgan fingerprint density at radius 1 is 1.00 bits per heavy atom. The first-order valence-corrected chi connectivity index (χ1v) is 9.46. The molecule has 5 heteroatoms. The number of hydrogen-bond donors (Lipinski definition) is 2. The Kier molecular flexibility index (Phi) is 7.16. The molecule has 0 unspecified atom stereocenters. The second-order valence-corrected chi connectivity index (χ2v) is 6.41. The Morgan fingerprint density at radius 3 is 2.44 bits per heavy atom. The minimum absolute atomic E-state index is 0.681. The van der Waals surface area contributed by atoms with Crippen molar-refractivity contribution < 1.29 is 4.74 Å². The van der Waals surface area contributed by atoms with Crippen LogP contribution in [0.3, 0.4) is 0 Å². The Hall–Kier alpha value is -2.95. The number of ether oxygens (including phenoxy) is 1. The monoisotopic (exact) mass is 364 g/mol. The highest BCUT2D eigenvalue weighted by molar-refractivity contribution is 5.79. The molecule has 2 N–H and O–H groups in total. The fourth-order valence-electron chi connectivity index (χ4n) is 2.91. The molecule has 1 aliphatic rings. The van der Waals surface area contributed by atoms with E-state index in [9.17, 15) is 0 Å². The van der Waals surface area contributed by atoms with Crippen molar-refractivity contribution in [1.29, 1.82) is 0 Å². The lowest BCUT2D eigenvalue weighted by atomic mass is 10.2. The number of guanidine groups is 1. The van der Waals surface area contributed by atoms with Crippen LogP contribution in [0.25, 0.3) is 0 Å². The van der Waals surface area contributed by atoms with Crippen molar-refractivity contribution in [2.45, 2.75) is 13.0 Å². The van der Waals surface area contributed by atoms with E-state index in [4.69, 9.17) is 4.74 Å². The highest BCUT2D eigenvalue weighted by atomic mass is 16.5. The van der Waals surface area contributed by atoms with Crippen LogP contribution in [-0.4, -0.2) is 39.2 Å². The van der Waals surface area contributed by atoms with Crippen molar-refractivity contribution in [3.8, 4) is 5.75 Å². The van der Waals surface area contributed by atoms with Crippen molar-refractivity contribution in [2.75, 3.05) is 38.2 Å². The normalized spacial score (nSPS) is 13.7. The zero-order valence-electron chi connectivity index (χ0n) is 15.9. The van der Waals surface area contributed by atoms with E-state index in [1.165, 1.54) is 11.3 Å². The van der Waals surface area contributed by atoms with Crippen molar-refractivity contribution >= 4 is 11.6 Å². The van der Waals surface area contributed by atoms with Crippen LogP contribution in [0.15, 0.2) is 71.7 Å². The predicted molar refractivity (Wildman–Crippen MR) is 113 cm³/mol. The highest BCUT2D eigenvalue weighted by Gasteiger charge is 2.07. The topological polar surface area (TPSA) is 48.9 Å². The van der Waals surface area contributed by atoms with Crippen LogP contribution < -0.4 is 20.3 Å². The van der Waals surface area contributed by atoms with Gasteiger partial charge in [-0.3, -0.25) is 4.99 Å². The average Bonchev–Trinajstić information content (AvgIpc) is 3.26. The lowest BCUT2D eigenvalue weighted by Gasteiger charge is -2.18. The van der Waals surface area contributed by atoms with E-state index >= 15 is 0 Å². The summed E-state index contributed by atoms with van der Waals surface area (Å²) in [4.78, 5) is 6.62. The first kappa shape index (κ1) is 18.8. The quantitative estimate of drug-likeness (QED) is 0.327. The summed E-state index contributed by atoms with van der Waals surface area (Å²) in [7, 11) is 1.79. The summed E-state index contributed by atoms with van der Waals surface area (Å²) >= 11 is 0. The largest absolute Gasteiger partial charge is 0.494 e.